The van der Waals surface area contributed by atoms with Crippen molar-refractivity contribution in [3.8, 4) is 11.4 Å². The Bertz CT molecular complexity index is 851. The van der Waals surface area contributed by atoms with E-state index in [0.717, 1.165) is 28.0 Å². The third-order valence-corrected chi connectivity index (χ3v) is 3.81. The lowest BCUT2D eigenvalue weighted by atomic mass is 10.2. The predicted molar refractivity (Wildman–Crippen MR) is 84.8 cm³/mol. The predicted octanol–water partition coefficient (Wildman–Crippen LogP) is 4.66. The highest BCUT2D eigenvalue weighted by Crippen LogP contribution is 2.26. The lowest BCUT2D eigenvalue weighted by Crippen LogP contribution is -1.97. The van der Waals surface area contributed by atoms with Crippen molar-refractivity contribution in [3.63, 3.8) is 0 Å². The van der Waals surface area contributed by atoms with E-state index in [1.165, 1.54) is 0 Å². The highest BCUT2D eigenvalue weighted by atomic mass is 35.5. The zero-order chi connectivity index (χ0) is 14.3. The van der Waals surface area contributed by atoms with Gasteiger partial charge in [-0.1, -0.05) is 11.6 Å². The summed E-state index contributed by atoms with van der Waals surface area (Å²) in [5.74, 6) is 0.829. The maximum atomic E-state index is 6.09. The van der Waals surface area contributed by atoms with E-state index in [-0.39, 0.29) is 0 Å². The van der Waals surface area contributed by atoms with Crippen LogP contribution in [0.5, 0.6) is 5.75 Å². The van der Waals surface area contributed by atoms with Gasteiger partial charge in [0.2, 0.25) is 0 Å². The largest absolute Gasteiger partial charge is 0.497 e. The first kappa shape index (κ1) is 13.2. The topological polar surface area (TPSA) is 29.9 Å². The second-order valence-electron chi connectivity index (χ2n) is 4.58. The third-order valence-electron chi connectivity index (χ3n) is 3.29. The van der Waals surface area contributed by atoms with Crippen LogP contribution in [0.4, 0.5) is 0 Å². The first-order valence-electron chi connectivity index (χ1n) is 6.15. The van der Waals surface area contributed by atoms with Crippen molar-refractivity contribution < 1.29 is 4.74 Å². The summed E-state index contributed by atoms with van der Waals surface area (Å²) < 4.78 is 7.88. The maximum absolute atomic E-state index is 6.09. The number of rotatable bonds is 2. The number of methoxy groups -OCH3 is 1. The number of hydrogen-bond donors (Lipinski definition) is 1. The lowest BCUT2D eigenvalue weighted by molar-refractivity contribution is 0.414. The zero-order valence-corrected chi connectivity index (χ0v) is 12.7. The summed E-state index contributed by atoms with van der Waals surface area (Å²) in [5.41, 5.74) is 4.04. The van der Waals surface area contributed by atoms with Crippen LogP contribution in [-0.2, 0) is 0 Å². The van der Waals surface area contributed by atoms with E-state index < -0.39 is 0 Å². The Hall–Kier alpha value is -1.78. The Labute approximate surface area is 126 Å². The average Bonchev–Trinajstić information content (AvgIpc) is 2.74. The van der Waals surface area contributed by atoms with Gasteiger partial charge in [0.25, 0.3) is 0 Å². The second kappa shape index (κ2) is 4.96. The van der Waals surface area contributed by atoms with Gasteiger partial charge in [-0.3, -0.25) is 4.57 Å². The minimum absolute atomic E-state index is 0.649. The number of H-pyrrole nitrogens is 1. The van der Waals surface area contributed by atoms with Crippen molar-refractivity contribution >= 4 is 34.9 Å². The van der Waals surface area contributed by atoms with E-state index in [2.05, 4.69) is 4.98 Å². The number of benzene rings is 2. The van der Waals surface area contributed by atoms with Crippen molar-refractivity contribution in [2.75, 3.05) is 7.11 Å². The first-order chi connectivity index (χ1) is 9.60. The molecule has 1 N–H and O–H groups in total. The smallest absolute Gasteiger partial charge is 0.182 e. The number of fused-ring (bicyclic) bond motifs is 1. The number of halogens is 1. The molecular formula is C15H13ClN2OS. The zero-order valence-electron chi connectivity index (χ0n) is 11.1. The SMILES string of the molecule is COc1ccc(-n2c(=S)[nH]c3ccc(Cl)cc32)c(C)c1. The summed E-state index contributed by atoms with van der Waals surface area (Å²) in [6.45, 7) is 2.03. The van der Waals surface area contributed by atoms with Crippen LogP contribution in [-0.4, -0.2) is 16.7 Å². The molecule has 0 fully saturated rings. The molecule has 0 bridgehead atoms. The molecule has 2 aromatic carbocycles. The van der Waals surface area contributed by atoms with Gasteiger partial charge in [-0.2, -0.15) is 0 Å². The molecule has 3 nitrogen and oxygen atoms in total. The van der Waals surface area contributed by atoms with Gasteiger partial charge in [0.1, 0.15) is 5.75 Å². The van der Waals surface area contributed by atoms with Crippen molar-refractivity contribution in [1.29, 1.82) is 0 Å². The summed E-state index contributed by atoms with van der Waals surface area (Å²) in [6, 6.07) is 11.6. The Morgan fingerprint density at radius 2 is 2.00 bits per heavy atom. The monoisotopic (exact) mass is 304 g/mol. The molecule has 0 atom stereocenters. The molecular weight excluding hydrogens is 292 g/mol. The molecule has 0 spiro atoms. The van der Waals surface area contributed by atoms with Crippen LogP contribution in [0.3, 0.4) is 0 Å². The number of aryl methyl sites for hydroxylation is 1. The Kier molecular flexibility index (Phi) is 3.28. The Morgan fingerprint density at radius 1 is 1.20 bits per heavy atom. The van der Waals surface area contributed by atoms with E-state index in [1.54, 1.807) is 7.11 Å². The van der Waals surface area contributed by atoms with Gasteiger partial charge in [-0.25, -0.2) is 0 Å². The maximum Gasteiger partial charge on any atom is 0.182 e. The van der Waals surface area contributed by atoms with E-state index >= 15 is 0 Å². The normalized spacial score (nSPS) is 10.9. The molecule has 3 rings (SSSR count). The second-order valence-corrected chi connectivity index (χ2v) is 5.40. The van der Waals surface area contributed by atoms with Gasteiger partial charge in [-0.05, 0) is 61.1 Å². The number of ether oxygens (including phenoxy) is 1. The van der Waals surface area contributed by atoms with Gasteiger partial charge >= 0.3 is 0 Å². The molecule has 1 aromatic heterocycles. The van der Waals surface area contributed by atoms with Crippen LogP contribution in [0.15, 0.2) is 36.4 Å². The average molecular weight is 305 g/mol. The quantitative estimate of drug-likeness (QED) is 0.698. The van der Waals surface area contributed by atoms with Gasteiger partial charge in [0.05, 0.1) is 23.8 Å². The fourth-order valence-corrected chi connectivity index (χ4v) is 2.79. The van der Waals surface area contributed by atoms with Crippen molar-refractivity contribution in [2.24, 2.45) is 0 Å². The molecule has 0 saturated heterocycles. The summed E-state index contributed by atoms with van der Waals surface area (Å²) >= 11 is 11.5. The van der Waals surface area contributed by atoms with Crippen LogP contribution in [0, 0.1) is 11.7 Å². The van der Waals surface area contributed by atoms with Crippen LogP contribution in [0.25, 0.3) is 16.7 Å². The van der Waals surface area contributed by atoms with Crippen LogP contribution >= 0.6 is 23.8 Å². The van der Waals surface area contributed by atoms with Crippen LogP contribution in [0.1, 0.15) is 5.56 Å². The highest BCUT2D eigenvalue weighted by Gasteiger charge is 2.10. The van der Waals surface area contributed by atoms with Gasteiger partial charge < -0.3 is 9.72 Å². The molecule has 0 amide bonds. The molecule has 0 unspecified atom stereocenters. The number of aromatic nitrogens is 2. The summed E-state index contributed by atoms with van der Waals surface area (Å²) in [5, 5.41) is 0.686. The fourth-order valence-electron chi connectivity index (χ4n) is 2.32. The minimum Gasteiger partial charge on any atom is -0.497 e. The highest BCUT2D eigenvalue weighted by molar-refractivity contribution is 7.71. The van der Waals surface area contributed by atoms with E-state index in [9.17, 15) is 0 Å². The number of nitrogens with one attached hydrogen (secondary N) is 1. The molecule has 5 heteroatoms. The molecule has 3 aromatic rings. The number of aromatic amines is 1. The summed E-state index contributed by atoms with van der Waals surface area (Å²) in [7, 11) is 1.66. The van der Waals surface area contributed by atoms with Crippen LogP contribution in [0.2, 0.25) is 5.02 Å². The summed E-state index contributed by atoms with van der Waals surface area (Å²) in [6.07, 6.45) is 0. The Morgan fingerprint density at radius 3 is 2.70 bits per heavy atom. The van der Waals surface area contributed by atoms with Gasteiger partial charge in [0, 0.05) is 5.02 Å². The Balaban J connectivity index is 2.31. The number of imidazole rings is 1. The van der Waals surface area contributed by atoms with E-state index in [4.69, 9.17) is 28.6 Å². The van der Waals surface area contributed by atoms with E-state index in [0.29, 0.717) is 9.79 Å². The molecule has 102 valence electrons. The molecule has 1 heterocycles. The third kappa shape index (κ3) is 2.11. The molecule has 0 radical (unpaired) electrons. The number of nitrogens with zero attached hydrogens (tertiary/aromatic N) is 1. The fraction of sp³-hybridized carbons (Fsp3) is 0.133. The molecule has 0 aliphatic carbocycles. The molecule has 0 aliphatic rings. The summed E-state index contributed by atoms with van der Waals surface area (Å²) in [4.78, 5) is 3.20. The molecule has 20 heavy (non-hydrogen) atoms. The molecule has 0 aliphatic heterocycles. The van der Waals surface area contributed by atoms with Crippen molar-refractivity contribution in [3.05, 3.63) is 51.8 Å². The first-order valence-corrected chi connectivity index (χ1v) is 6.94. The van der Waals surface area contributed by atoms with Gasteiger partial charge in [-0.15, -0.1) is 0 Å². The number of hydrogen-bond acceptors (Lipinski definition) is 2. The standard InChI is InChI=1S/C15H13ClN2OS/c1-9-7-11(19-2)4-6-13(9)18-14-8-10(16)3-5-12(14)17-15(18)20/h3-8H,1-2H3,(H,17,20). The van der Waals surface area contributed by atoms with Gasteiger partial charge in [0.15, 0.2) is 4.77 Å². The van der Waals surface area contributed by atoms with Crippen LogP contribution < -0.4 is 4.74 Å². The van der Waals surface area contributed by atoms with E-state index in [1.807, 2.05) is 47.9 Å². The molecule has 0 saturated carbocycles. The van der Waals surface area contributed by atoms with Crippen molar-refractivity contribution in [2.45, 2.75) is 6.92 Å². The minimum atomic E-state index is 0.649. The van der Waals surface area contributed by atoms with Crippen molar-refractivity contribution in [1.82, 2.24) is 9.55 Å². The lowest BCUT2D eigenvalue weighted by Gasteiger charge is -2.10.